The summed E-state index contributed by atoms with van der Waals surface area (Å²) in [6, 6.07) is 7.63. The first-order chi connectivity index (χ1) is 11.1. The Morgan fingerprint density at radius 2 is 2.00 bits per heavy atom. The molecule has 0 unspecified atom stereocenters. The lowest BCUT2D eigenvalue weighted by Gasteiger charge is -2.28. The van der Waals surface area contributed by atoms with Crippen LogP contribution >= 0.6 is 0 Å². The smallest absolute Gasteiger partial charge is 0.253 e. The first-order valence-corrected chi connectivity index (χ1v) is 8.08. The molecule has 5 heteroatoms. The molecule has 0 aliphatic heterocycles. The SMILES string of the molecule is CN(CC1(O)CCCC1)C(=O)c1ccc(Cn2ccnc2)cc1. The van der Waals surface area contributed by atoms with E-state index in [0.717, 1.165) is 37.8 Å². The number of aliphatic hydroxyl groups is 1. The van der Waals surface area contributed by atoms with E-state index < -0.39 is 5.60 Å². The van der Waals surface area contributed by atoms with Crippen molar-refractivity contribution in [3.8, 4) is 0 Å². The molecular formula is C18H23N3O2. The second kappa shape index (κ2) is 6.54. The number of imidazole rings is 1. The third kappa shape index (κ3) is 3.79. The number of carbonyl (C=O) groups excluding carboxylic acids is 1. The van der Waals surface area contributed by atoms with Gasteiger partial charge < -0.3 is 14.6 Å². The molecule has 1 aromatic carbocycles. The lowest BCUT2D eigenvalue weighted by molar-refractivity contribution is 0.0157. The van der Waals surface area contributed by atoms with E-state index in [4.69, 9.17) is 0 Å². The average Bonchev–Trinajstić information content (AvgIpc) is 3.19. The summed E-state index contributed by atoms with van der Waals surface area (Å²) in [6.07, 6.45) is 9.09. The highest BCUT2D eigenvalue weighted by Crippen LogP contribution is 2.30. The van der Waals surface area contributed by atoms with Crippen LogP contribution in [0.5, 0.6) is 0 Å². The Hall–Kier alpha value is -2.14. The van der Waals surface area contributed by atoms with Crippen LogP contribution < -0.4 is 0 Å². The van der Waals surface area contributed by atoms with Crippen molar-refractivity contribution >= 4 is 5.91 Å². The Balaban J connectivity index is 1.62. The number of hydrogen-bond acceptors (Lipinski definition) is 3. The zero-order chi connectivity index (χ0) is 16.3. The fraction of sp³-hybridized carbons (Fsp3) is 0.444. The molecule has 0 saturated heterocycles. The Morgan fingerprint density at radius 3 is 2.61 bits per heavy atom. The minimum absolute atomic E-state index is 0.0421. The summed E-state index contributed by atoms with van der Waals surface area (Å²) in [5.41, 5.74) is 1.08. The predicted octanol–water partition coefficient (Wildman–Crippen LogP) is 2.31. The average molecular weight is 313 g/mol. The lowest BCUT2D eigenvalue weighted by atomic mass is 10.0. The minimum Gasteiger partial charge on any atom is -0.388 e. The maximum Gasteiger partial charge on any atom is 0.253 e. The number of rotatable bonds is 5. The Bertz CT molecular complexity index is 643. The normalized spacial score (nSPS) is 16.4. The highest BCUT2D eigenvalue weighted by molar-refractivity contribution is 5.94. The van der Waals surface area contributed by atoms with Gasteiger partial charge in [-0.3, -0.25) is 4.79 Å². The van der Waals surface area contributed by atoms with Crippen molar-refractivity contribution in [2.45, 2.75) is 37.8 Å². The van der Waals surface area contributed by atoms with Gasteiger partial charge >= 0.3 is 0 Å². The van der Waals surface area contributed by atoms with E-state index in [-0.39, 0.29) is 5.91 Å². The van der Waals surface area contributed by atoms with Crippen LogP contribution in [0, 0.1) is 0 Å². The van der Waals surface area contributed by atoms with Crippen LogP contribution in [0.15, 0.2) is 43.0 Å². The monoisotopic (exact) mass is 313 g/mol. The lowest BCUT2D eigenvalue weighted by Crippen LogP contribution is -2.42. The predicted molar refractivity (Wildman–Crippen MR) is 88.1 cm³/mol. The molecule has 1 amide bonds. The summed E-state index contributed by atoms with van der Waals surface area (Å²) in [6.45, 7) is 1.15. The molecule has 1 saturated carbocycles. The third-order valence-corrected chi connectivity index (χ3v) is 4.54. The van der Waals surface area contributed by atoms with Crippen LogP contribution in [-0.2, 0) is 6.54 Å². The van der Waals surface area contributed by atoms with Gasteiger partial charge in [0.2, 0.25) is 0 Å². The van der Waals surface area contributed by atoms with Crippen molar-refractivity contribution in [3.63, 3.8) is 0 Å². The number of amides is 1. The number of hydrogen-bond donors (Lipinski definition) is 1. The summed E-state index contributed by atoms with van der Waals surface area (Å²) in [5.74, 6) is -0.0421. The number of aromatic nitrogens is 2. The largest absolute Gasteiger partial charge is 0.388 e. The van der Waals surface area contributed by atoms with Gasteiger partial charge in [-0.15, -0.1) is 0 Å². The van der Waals surface area contributed by atoms with Crippen LogP contribution in [0.25, 0.3) is 0 Å². The number of benzene rings is 1. The first kappa shape index (κ1) is 15.7. The van der Waals surface area contributed by atoms with Gasteiger partial charge in [-0.1, -0.05) is 25.0 Å². The van der Waals surface area contributed by atoms with E-state index in [1.54, 1.807) is 24.5 Å². The minimum atomic E-state index is -0.703. The number of likely N-dealkylation sites (N-methyl/N-ethyl adjacent to an activating group) is 1. The van der Waals surface area contributed by atoms with Gasteiger partial charge in [-0.05, 0) is 30.5 Å². The van der Waals surface area contributed by atoms with E-state index in [9.17, 15) is 9.90 Å². The number of nitrogens with zero attached hydrogens (tertiary/aromatic N) is 3. The molecule has 23 heavy (non-hydrogen) atoms. The van der Waals surface area contributed by atoms with Gasteiger partial charge in [0.25, 0.3) is 5.91 Å². The van der Waals surface area contributed by atoms with E-state index in [0.29, 0.717) is 12.1 Å². The molecule has 0 bridgehead atoms. The highest BCUT2D eigenvalue weighted by atomic mass is 16.3. The number of carbonyl (C=O) groups is 1. The summed E-state index contributed by atoms with van der Waals surface area (Å²) >= 11 is 0. The van der Waals surface area contributed by atoms with Crippen LogP contribution in [0.1, 0.15) is 41.6 Å². The molecule has 0 radical (unpaired) electrons. The summed E-state index contributed by atoms with van der Waals surface area (Å²) < 4.78 is 1.98. The van der Waals surface area contributed by atoms with E-state index >= 15 is 0 Å². The van der Waals surface area contributed by atoms with Crippen molar-refractivity contribution in [2.24, 2.45) is 0 Å². The van der Waals surface area contributed by atoms with Crippen molar-refractivity contribution in [3.05, 3.63) is 54.1 Å². The standard InChI is InChI=1S/C18H23N3O2/c1-20(13-18(23)8-2-3-9-18)17(22)16-6-4-15(5-7-16)12-21-11-10-19-14-21/h4-7,10-11,14,23H,2-3,8-9,12-13H2,1H3. The second-order valence-electron chi connectivity index (χ2n) is 6.52. The van der Waals surface area contributed by atoms with Gasteiger partial charge in [0, 0.05) is 38.1 Å². The van der Waals surface area contributed by atoms with Crippen molar-refractivity contribution in [1.82, 2.24) is 14.5 Å². The van der Waals surface area contributed by atoms with E-state index in [1.165, 1.54) is 0 Å². The second-order valence-corrected chi connectivity index (χ2v) is 6.52. The molecule has 1 aromatic heterocycles. The fourth-order valence-corrected chi connectivity index (χ4v) is 3.27. The van der Waals surface area contributed by atoms with Crippen molar-refractivity contribution in [2.75, 3.05) is 13.6 Å². The van der Waals surface area contributed by atoms with Crippen LogP contribution in [-0.4, -0.2) is 44.7 Å². The molecule has 3 rings (SSSR count). The van der Waals surface area contributed by atoms with Gasteiger partial charge in [-0.2, -0.15) is 0 Å². The van der Waals surface area contributed by atoms with Crippen LogP contribution in [0.4, 0.5) is 0 Å². The van der Waals surface area contributed by atoms with Gasteiger partial charge in [0.15, 0.2) is 0 Å². The van der Waals surface area contributed by atoms with Crippen LogP contribution in [0.3, 0.4) is 0 Å². The molecule has 5 nitrogen and oxygen atoms in total. The Morgan fingerprint density at radius 1 is 1.30 bits per heavy atom. The quantitative estimate of drug-likeness (QED) is 0.921. The van der Waals surface area contributed by atoms with Gasteiger partial charge in [-0.25, -0.2) is 4.98 Å². The third-order valence-electron chi connectivity index (χ3n) is 4.54. The summed E-state index contributed by atoms with van der Waals surface area (Å²) in [5, 5.41) is 10.4. The van der Waals surface area contributed by atoms with Crippen molar-refractivity contribution < 1.29 is 9.90 Å². The van der Waals surface area contributed by atoms with Crippen LogP contribution in [0.2, 0.25) is 0 Å². The summed E-state index contributed by atoms with van der Waals surface area (Å²) in [7, 11) is 1.76. The zero-order valence-electron chi connectivity index (χ0n) is 13.5. The molecule has 1 N–H and O–H groups in total. The topological polar surface area (TPSA) is 58.4 Å². The highest BCUT2D eigenvalue weighted by Gasteiger charge is 2.33. The van der Waals surface area contributed by atoms with Gasteiger partial charge in [0.1, 0.15) is 0 Å². The maximum atomic E-state index is 12.5. The molecular weight excluding hydrogens is 290 g/mol. The molecule has 2 aromatic rings. The molecule has 122 valence electrons. The molecule has 0 spiro atoms. The van der Waals surface area contributed by atoms with E-state index in [1.807, 2.05) is 35.0 Å². The molecule has 0 atom stereocenters. The molecule has 1 fully saturated rings. The fourth-order valence-electron chi connectivity index (χ4n) is 3.27. The summed E-state index contributed by atoms with van der Waals surface area (Å²) in [4.78, 5) is 18.2. The molecule has 1 aliphatic carbocycles. The molecule has 1 heterocycles. The Labute approximate surface area is 136 Å². The Kier molecular flexibility index (Phi) is 4.48. The zero-order valence-corrected chi connectivity index (χ0v) is 13.5. The molecule has 1 aliphatic rings. The first-order valence-electron chi connectivity index (χ1n) is 8.08. The van der Waals surface area contributed by atoms with Crippen molar-refractivity contribution in [1.29, 1.82) is 0 Å². The van der Waals surface area contributed by atoms with Gasteiger partial charge in [0.05, 0.1) is 11.9 Å². The van der Waals surface area contributed by atoms with E-state index in [2.05, 4.69) is 4.98 Å². The maximum absolute atomic E-state index is 12.5.